The van der Waals surface area contributed by atoms with Crippen LogP contribution in [0, 0.1) is 0 Å². The molecular weight excluding hydrogens is 433 g/mol. The molecule has 1 heterocycles. The molecular formula is C22H24ClF3N2O3. The van der Waals surface area contributed by atoms with Crippen LogP contribution in [-0.4, -0.2) is 44.2 Å². The summed E-state index contributed by atoms with van der Waals surface area (Å²) in [6, 6.07) is 8.46. The van der Waals surface area contributed by atoms with Gasteiger partial charge in [0, 0.05) is 31.2 Å². The average Bonchev–Trinajstić information content (AvgIpc) is 2.74. The predicted octanol–water partition coefficient (Wildman–Crippen LogP) is 4.77. The summed E-state index contributed by atoms with van der Waals surface area (Å²) in [6.07, 6.45) is -2.95. The van der Waals surface area contributed by atoms with Gasteiger partial charge in [0.2, 0.25) is 0 Å². The Morgan fingerprint density at radius 1 is 1.16 bits per heavy atom. The maximum Gasteiger partial charge on any atom is 0.416 e. The molecule has 3 rings (SSSR count). The van der Waals surface area contributed by atoms with Gasteiger partial charge >= 0.3 is 6.18 Å². The summed E-state index contributed by atoms with van der Waals surface area (Å²) in [4.78, 5) is 14.7. The summed E-state index contributed by atoms with van der Waals surface area (Å²) >= 11 is 6.17. The van der Waals surface area contributed by atoms with Crippen LogP contribution in [0.4, 0.5) is 13.2 Å². The van der Waals surface area contributed by atoms with E-state index in [1.54, 1.807) is 12.1 Å². The number of carbonyl (C=O) groups is 1. The van der Waals surface area contributed by atoms with Crippen LogP contribution in [0.15, 0.2) is 36.4 Å². The molecule has 9 heteroatoms. The molecule has 0 radical (unpaired) electrons. The van der Waals surface area contributed by atoms with Gasteiger partial charge in [-0.2, -0.15) is 13.2 Å². The molecule has 1 aliphatic heterocycles. The third-order valence-electron chi connectivity index (χ3n) is 5.28. The molecule has 0 aromatic heterocycles. The maximum atomic E-state index is 12.9. The van der Waals surface area contributed by atoms with Gasteiger partial charge in [0.1, 0.15) is 0 Å². The van der Waals surface area contributed by atoms with Gasteiger partial charge in [0.05, 0.1) is 24.8 Å². The predicted molar refractivity (Wildman–Crippen MR) is 112 cm³/mol. The molecule has 0 saturated carbocycles. The SMILES string of the molecule is COc1cc(C(=O)NC2CCN(Cc3cccc(C(F)(F)F)c3)CC2)cc(Cl)c1OC. The number of nitrogens with zero attached hydrogens (tertiary/aromatic N) is 1. The molecule has 0 spiro atoms. The smallest absolute Gasteiger partial charge is 0.416 e. The fourth-order valence-corrected chi connectivity index (χ4v) is 3.95. The lowest BCUT2D eigenvalue weighted by molar-refractivity contribution is -0.137. The Kier molecular flexibility index (Phi) is 7.33. The van der Waals surface area contributed by atoms with Crippen molar-refractivity contribution in [3.63, 3.8) is 0 Å². The second-order valence-electron chi connectivity index (χ2n) is 7.42. The highest BCUT2D eigenvalue weighted by Crippen LogP contribution is 2.36. The summed E-state index contributed by atoms with van der Waals surface area (Å²) in [5.41, 5.74) is 0.354. The van der Waals surface area contributed by atoms with Crippen LogP contribution in [0.5, 0.6) is 11.5 Å². The number of carbonyl (C=O) groups excluding carboxylic acids is 1. The van der Waals surface area contributed by atoms with Crippen LogP contribution >= 0.6 is 11.6 Å². The largest absolute Gasteiger partial charge is 0.493 e. The van der Waals surface area contributed by atoms with Gasteiger partial charge in [0.15, 0.2) is 11.5 Å². The summed E-state index contributed by atoms with van der Waals surface area (Å²) in [5.74, 6) is 0.471. The highest BCUT2D eigenvalue weighted by atomic mass is 35.5. The number of ether oxygens (including phenoxy) is 2. The Morgan fingerprint density at radius 2 is 1.87 bits per heavy atom. The number of benzene rings is 2. The van der Waals surface area contributed by atoms with E-state index in [0.29, 0.717) is 55.1 Å². The molecule has 1 amide bonds. The van der Waals surface area contributed by atoms with Crippen molar-refractivity contribution in [2.45, 2.75) is 31.6 Å². The average molecular weight is 457 g/mol. The normalized spacial score (nSPS) is 15.5. The highest BCUT2D eigenvalue weighted by Gasteiger charge is 2.30. The Bertz CT molecular complexity index is 929. The fourth-order valence-electron chi connectivity index (χ4n) is 3.66. The summed E-state index contributed by atoms with van der Waals surface area (Å²) in [5, 5.41) is 3.28. The van der Waals surface area contributed by atoms with E-state index in [0.717, 1.165) is 6.07 Å². The number of rotatable bonds is 6. The molecule has 0 aliphatic carbocycles. The number of amides is 1. The Morgan fingerprint density at radius 3 is 2.48 bits per heavy atom. The molecule has 1 aliphatic rings. The number of hydrogen-bond donors (Lipinski definition) is 1. The van der Waals surface area contributed by atoms with E-state index in [4.69, 9.17) is 21.1 Å². The number of halogens is 4. The first-order valence-electron chi connectivity index (χ1n) is 9.82. The monoisotopic (exact) mass is 456 g/mol. The van der Waals surface area contributed by atoms with E-state index in [2.05, 4.69) is 10.2 Å². The molecule has 168 valence electrons. The second-order valence-corrected chi connectivity index (χ2v) is 7.82. The van der Waals surface area contributed by atoms with Gasteiger partial charge in [-0.3, -0.25) is 9.69 Å². The van der Waals surface area contributed by atoms with Crippen molar-refractivity contribution in [2.24, 2.45) is 0 Å². The topological polar surface area (TPSA) is 50.8 Å². The fraction of sp³-hybridized carbons (Fsp3) is 0.409. The van der Waals surface area contributed by atoms with Crippen molar-refractivity contribution in [3.8, 4) is 11.5 Å². The van der Waals surface area contributed by atoms with Crippen LogP contribution in [0.25, 0.3) is 0 Å². The summed E-state index contributed by atoms with van der Waals surface area (Å²) < 4.78 is 49.1. The molecule has 0 bridgehead atoms. The lowest BCUT2D eigenvalue weighted by Crippen LogP contribution is -2.44. The summed E-state index contributed by atoms with van der Waals surface area (Å²) in [7, 11) is 2.94. The maximum absolute atomic E-state index is 12.9. The van der Waals surface area contributed by atoms with Crippen molar-refractivity contribution in [2.75, 3.05) is 27.3 Å². The lowest BCUT2D eigenvalue weighted by Gasteiger charge is -2.32. The van der Waals surface area contributed by atoms with Crippen LogP contribution < -0.4 is 14.8 Å². The molecule has 1 saturated heterocycles. The zero-order valence-corrected chi connectivity index (χ0v) is 18.0. The minimum absolute atomic E-state index is 0.0304. The molecule has 1 fully saturated rings. The Labute approximate surface area is 184 Å². The van der Waals surface area contributed by atoms with E-state index in [1.165, 1.54) is 32.4 Å². The number of likely N-dealkylation sites (tertiary alicyclic amines) is 1. The molecule has 0 unspecified atom stereocenters. The van der Waals surface area contributed by atoms with Gasteiger partial charge in [-0.25, -0.2) is 0 Å². The molecule has 31 heavy (non-hydrogen) atoms. The quantitative estimate of drug-likeness (QED) is 0.680. The van der Waals surface area contributed by atoms with E-state index >= 15 is 0 Å². The van der Waals surface area contributed by atoms with E-state index in [1.807, 2.05) is 0 Å². The molecule has 1 N–H and O–H groups in total. The number of methoxy groups -OCH3 is 2. The number of nitrogens with one attached hydrogen (secondary N) is 1. The number of piperidine rings is 1. The zero-order chi connectivity index (χ0) is 22.6. The van der Waals surface area contributed by atoms with Gasteiger partial charge < -0.3 is 14.8 Å². The first kappa shape index (κ1) is 23.2. The van der Waals surface area contributed by atoms with Crippen molar-refractivity contribution in [3.05, 3.63) is 58.1 Å². The lowest BCUT2D eigenvalue weighted by atomic mass is 10.0. The Hall–Kier alpha value is -2.45. The third kappa shape index (κ3) is 5.83. The van der Waals surface area contributed by atoms with Gasteiger partial charge in [-0.1, -0.05) is 29.8 Å². The number of hydrogen-bond acceptors (Lipinski definition) is 4. The minimum Gasteiger partial charge on any atom is -0.493 e. The van der Waals surface area contributed by atoms with Gasteiger partial charge in [-0.05, 0) is 36.6 Å². The van der Waals surface area contributed by atoms with E-state index in [-0.39, 0.29) is 17.0 Å². The van der Waals surface area contributed by atoms with Crippen LogP contribution in [-0.2, 0) is 12.7 Å². The van der Waals surface area contributed by atoms with Crippen molar-refractivity contribution >= 4 is 17.5 Å². The van der Waals surface area contributed by atoms with Crippen molar-refractivity contribution in [1.29, 1.82) is 0 Å². The second kappa shape index (κ2) is 9.78. The first-order valence-corrected chi connectivity index (χ1v) is 10.2. The molecule has 2 aromatic rings. The van der Waals surface area contributed by atoms with E-state index < -0.39 is 11.7 Å². The van der Waals surface area contributed by atoms with E-state index in [9.17, 15) is 18.0 Å². The summed E-state index contributed by atoms with van der Waals surface area (Å²) in [6.45, 7) is 1.79. The first-order chi connectivity index (χ1) is 14.7. The highest BCUT2D eigenvalue weighted by molar-refractivity contribution is 6.32. The van der Waals surface area contributed by atoms with Crippen molar-refractivity contribution < 1.29 is 27.4 Å². The minimum atomic E-state index is -4.35. The van der Waals surface area contributed by atoms with Gasteiger partial charge in [-0.15, -0.1) is 0 Å². The molecule has 2 aromatic carbocycles. The van der Waals surface area contributed by atoms with Crippen LogP contribution in [0.2, 0.25) is 5.02 Å². The number of alkyl halides is 3. The standard InChI is InChI=1S/C22H24ClF3N2O3/c1-30-19-12-15(11-18(23)20(19)31-2)21(29)27-17-6-8-28(9-7-17)13-14-4-3-5-16(10-14)22(24,25)26/h3-5,10-12,17H,6-9,13H2,1-2H3,(H,27,29). The van der Waals surface area contributed by atoms with Crippen LogP contribution in [0.1, 0.15) is 34.3 Å². The van der Waals surface area contributed by atoms with Crippen LogP contribution in [0.3, 0.4) is 0 Å². The Balaban J connectivity index is 1.56. The van der Waals surface area contributed by atoms with Gasteiger partial charge in [0.25, 0.3) is 5.91 Å². The van der Waals surface area contributed by atoms with Crippen molar-refractivity contribution in [1.82, 2.24) is 10.2 Å². The third-order valence-corrected chi connectivity index (χ3v) is 5.56. The molecule has 5 nitrogen and oxygen atoms in total. The zero-order valence-electron chi connectivity index (χ0n) is 17.3. The molecule has 0 atom stereocenters.